The number of ether oxygens (including phenoxy) is 1. The van der Waals surface area contributed by atoms with Gasteiger partial charge in [-0.3, -0.25) is 14.2 Å². The number of amides is 1. The molecule has 0 spiro atoms. The summed E-state index contributed by atoms with van der Waals surface area (Å²) in [7, 11) is 1.68. The van der Waals surface area contributed by atoms with Crippen molar-refractivity contribution in [3.63, 3.8) is 0 Å². The van der Waals surface area contributed by atoms with Crippen LogP contribution in [0.5, 0.6) is 0 Å². The van der Waals surface area contributed by atoms with E-state index in [0.29, 0.717) is 0 Å². The largest absolute Gasteiger partial charge is 0.462 e. The second-order valence-electron chi connectivity index (χ2n) is 6.70. The average Bonchev–Trinajstić information content (AvgIpc) is 3.06. The number of hydrogen-bond donors (Lipinski definition) is 0. The van der Waals surface area contributed by atoms with E-state index >= 15 is 0 Å². The first-order valence-corrected chi connectivity index (χ1v) is 9.31. The maximum atomic E-state index is 13.0. The fraction of sp³-hybridized carbons (Fsp3) is 0.333. The van der Waals surface area contributed by atoms with Crippen LogP contribution in [0.15, 0.2) is 45.9 Å². The van der Waals surface area contributed by atoms with Gasteiger partial charge in [-0.1, -0.05) is 30.3 Å². The molecule has 1 aromatic carbocycles. The van der Waals surface area contributed by atoms with Crippen LogP contribution in [-0.4, -0.2) is 40.0 Å². The Bertz CT molecular complexity index is 1100. The Kier molecular flexibility index (Phi) is 5.81. The second kappa shape index (κ2) is 8.30. The third-order valence-corrected chi connectivity index (χ3v) is 4.90. The lowest BCUT2D eigenvalue weighted by molar-refractivity contribution is -0.132. The number of aromatic nitrogens is 2. The van der Waals surface area contributed by atoms with Gasteiger partial charge >= 0.3 is 5.97 Å². The lowest BCUT2D eigenvalue weighted by Gasteiger charge is -2.25. The molecule has 0 aliphatic carbocycles. The van der Waals surface area contributed by atoms with Gasteiger partial charge in [0.2, 0.25) is 11.6 Å². The van der Waals surface area contributed by atoms with Crippen LogP contribution in [-0.2, 0) is 16.1 Å². The highest BCUT2D eigenvalue weighted by Gasteiger charge is 2.25. The monoisotopic (exact) mass is 397 g/mol. The smallest absolute Gasteiger partial charge is 0.342 e. The van der Waals surface area contributed by atoms with Gasteiger partial charge in [0.15, 0.2) is 0 Å². The van der Waals surface area contributed by atoms with E-state index in [4.69, 9.17) is 9.15 Å². The second-order valence-corrected chi connectivity index (χ2v) is 6.70. The minimum Gasteiger partial charge on any atom is -0.462 e. The van der Waals surface area contributed by atoms with Crippen LogP contribution >= 0.6 is 0 Å². The van der Waals surface area contributed by atoms with E-state index in [2.05, 4.69) is 4.98 Å². The van der Waals surface area contributed by atoms with E-state index in [9.17, 15) is 14.4 Å². The third-order valence-electron chi connectivity index (χ3n) is 4.90. The summed E-state index contributed by atoms with van der Waals surface area (Å²) in [6, 6.07) is 9.44. The molecule has 1 amide bonds. The predicted octanol–water partition coefficient (Wildman–Crippen LogP) is 2.69. The Hall–Kier alpha value is -3.42. The molecule has 0 N–H and O–H groups in total. The maximum Gasteiger partial charge on any atom is 0.342 e. The van der Waals surface area contributed by atoms with Crippen molar-refractivity contribution >= 4 is 23.0 Å². The van der Waals surface area contributed by atoms with Crippen LogP contribution in [0.25, 0.3) is 11.1 Å². The summed E-state index contributed by atoms with van der Waals surface area (Å²) in [5.41, 5.74) is 0.556. The highest BCUT2D eigenvalue weighted by Crippen LogP contribution is 2.22. The SMILES string of the molecule is CCOC(=O)c1c(C)oc2ncn(CC(=O)N(C)[C@@H](C)c3ccccc3)c(=O)c12. The summed E-state index contributed by atoms with van der Waals surface area (Å²) in [4.78, 5) is 43.6. The van der Waals surface area contributed by atoms with E-state index in [1.165, 1.54) is 10.9 Å². The minimum absolute atomic E-state index is 0.0232. The fourth-order valence-electron chi connectivity index (χ4n) is 3.13. The molecule has 0 saturated carbocycles. The van der Waals surface area contributed by atoms with E-state index < -0.39 is 11.5 Å². The summed E-state index contributed by atoms with van der Waals surface area (Å²) in [5.74, 6) is -0.661. The molecule has 2 heterocycles. The van der Waals surface area contributed by atoms with E-state index in [0.717, 1.165) is 5.56 Å². The number of carbonyl (C=O) groups excluding carboxylic acids is 2. The average molecular weight is 397 g/mol. The van der Waals surface area contributed by atoms with Gasteiger partial charge in [-0.15, -0.1) is 0 Å². The first-order chi connectivity index (χ1) is 13.8. The molecule has 3 aromatic rings. The van der Waals surface area contributed by atoms with Crippen LogP contribution in [0, 0.1) is 6.92 Å². The van der Waals surface area contributed by atoms with Crippen LogP contribution in [0.4, 0.5) is 0 Å². The van der Waals surface area contributed by atoms with Gasteiger partial charge in [-0.25, -0.2) is 9.78 Å². The van der Waals surface area contributed by atoms with E-state index in [1.807, 2.05) is 37.3 Å². The van der Waals surface area contributed by atoms with Gasteiger partial charge in [0.05, 0.1) is 12.6 Å². The van der Waals surface area contributed by atoms with Gasteiger partial charge in [-0.05, 0) is 26.3 Å². The van der Waals surface area contributed by atoms with Gasteiger partial charge in [-0.2, -0.15) is 0 Å². The molecule has 0 radical (unpaired) electrons. The number of likely N-dealkylation sites (N-methyl/N-ethyl adjacent to an activating group) is 1. The standard InChI is InChI=1S/C21H23N3O5/c1-5-28-21(27)17-14(3)29-19-18(17)20(26)24(12-22-19)11-16(25)23(4)13(2)15-9-7-6-8-10-15/h6-10,12-13H,5,11H2,1-4H3/t13-/m0/s1. The lowest BCUT2D eigenvalue weighted by Crippen LogP contribution is -2.35. The van der Waals surface area contributed by atoms with Crippen LogP contribution in [0.1, 0.15) is 41.6 Å². The molecule has 0 unspecified atom stereocenters. The molecular weight excluding hydrogens is 374 g/mol. The molecular formula is C21H23N3O5. The van der Waals surface area contributed by atoms with Crippen molar-refractivity contribution in [2.24, 2.45) is 0 Å². The number of esters is 1. The molecule has 0 aliphatic heterocycles. The minimum atomic E-state index is -0.651. The van der Waals surface area contributed by atoms with Crippen molar-refractivity contribution in [1.82, 2.24) is 14.5 Å². The van der Waals surface area contributed by atoms with Crippen molar-refractivity contribution in [2.45, 2.75) is 33.4 Å². The zero-order chi connectivity index (χ0) is 21.1. The van der Waals surface area contributed by atoms with Crippen molar-refractivity contribution in [3.05, 3.63) is 63.9 Å². The Balaban J connectivity index is 1.91. The van der Waals surface area contributed by atoms with Gasteiger partial charge in [0.25, 0.3) is 5.56 Å². The molecule has 0 saturated heterocycles. The number of aryl methyl sites for hydroxylation is 1. The van der Waals surface area contributed by atoms with Gasteiger partial charge in [0, 0.05) is 7.05 Å². The quantitative estimate of drug-likeness (QED) is 0.594. The molecule has 0 fully saturated rings. The summed E-state index contributed by atoms with van der Waals surface area (Å²) in [6.45, 7) is 5.12. The third kappa shape index (κ3) is 3.91. The maximum absolute atomic E-state index is 13.0. The zero-order valence-electron chi connectivity index (χ0n) is 16.8. The molecule has 0 aliphatic rings. The molecule has 1 atom stereocenters. The first kappa shape index (κ1) is 20.3. The summed E-state index contributed by atoms with van der Waals surface area (Å²) >= 11 is 0. The molecule has 8 nitrogen and oxygen atoms in total. The van der Waals surface area contributed by atoms with Crippen LogP contribution in [0.3, 0.4) is 0 Å². The van der Waals surface area contributed by atoms with Crippen molar-refractivity contribution in [1.29, 1.82) is 0 Å². The Morgan fingerprint density at radius 3 is 2.62 bits per heavy atom. The number of nitrogens with zero attached hydrogens (tertiary/aromatic N) is 3. The molecule has 2 aromatic heterocycles. The Labute approximate surface area is 167 Å². The fourth-order valence-corrected chi connectivity index (χ4v) is 3.13. The Morgan fingerprint density at radius 1 is 1.28 bits per heavy atom. The number of benzene rings is 1. The van der Waals surface area contributed by atoms with Gasteiger partial charge < -0.3 is 14.1 Å². The van der Waals surface area contributed by atoms with Crippen molar-refractivity contribution in [3.8, 4) is 0 Å². The van der Waals surface area contributed by atoms with Crippen LogP contribution in [0.2, 0.25) is 0 Å². The van der Waals surface area contributed by atoms with E-state index in [1.54, 1.807) is 25.8 Å². The lowest BCUT2D eigenvalue weighted by atomic mass is 10.1. The predicted molar refractivity (Wildman–Crippen MR) is 107 cm³/mol. The number of fused-ring (bicyclic) bond motifs is 1. The number of furan rings is 1. The molecule has 0 bridgehead atoms. The molecule has 8 heteroatoms. The van der Waals surface area contributed by atoms with Crippen LogP contribution < -0.4 is 5.56 Å². The number of hydrogen-bond acceptors (Lipinski definition) is 6. The first-order valence-electron chi connectivity index (χ1n) is 9.31. The molecule has 3 rings (SSSR count). The summed E-state index contributed by atoms with van der Waals surface area (Å²) in [5, 5.41) is 0.0232. The van der Waals surface area contributed by atoms with Crippen molar-refractivity contribution < 1.29 is 18.7 Å². The van der Waals surface area contributed by atoms with Gasteiger partial charge in [0.1, 0.15) is 29.6 Å². The van der Waals surface area contributed by atoms with Crippen molar-refractivity contribution in [2.75, 3.05) is 13.7 Å². The number of carbonyl (C=O) groups is 2. The highest BCUT2D eigenvalue weighted by atomic mass is 16.5. The Morgan fingerprint density at radius 2 is 1.97 bits per heavy atom. The normalized spacial score (nSPS) is 12.0. The highest BCUT2D eigenvalue weighted by molar-refractivity contribution is 6.03. The topological polar surface area (TPSA) is 94.6 Å². The summed E-state index contributed by atoms with van der Waals surface area (Å²) in [6.07, 6.45) is 1.25. The zero-order valence-corrected chi connectivity index (χ0v) is 16.8. The molecule has 152 valence electrons. The van der Waals surface area contributed by atoms with E-state index in [-0.39, 0.29) is 47.5 Å². The summed E-state index contributed by atoms with van der Waals surface area (Å²) < 4.78 is 11.6. The number of rotatable bonds is 6. The molecule has 29 heavy (non-hydrogen) atoms.